The van der Waals surface area contributed by atoms with E-state index in [-0.39, 0.29) is 29.2 Å². The maximum atomic E-state index is 12.9. The molecule has 6 nitrogen and oxygen atoms in total. The largest absolute Gasteiger partial charge is 0.354 e. The van der Waals surface area contributed by atoms with Gasteiger partial charge in [-0.1, -0.05) is 63.2 Å². The third kappa shape index (κ3) is 4.54. The second-order valence-electron chi connectivity index (χ2n) is 8.38. The maximum absolute atomic E-state index is 12.9. The van der Waals surface area contributed by atoms with Gasteiger partial charge in [-0.25, -0.2) is 4.68 Å². The van der Waals surface area contributed by atoms with E-state index in [4.69, 9.17) is 0 Å². The summed E-state index contributed by atoms with van der Waals surface area (Å²) in [7, 11) is 3.49. The number of amides is 1. The van der Waals surface area contributed by atoms with Gasteiger partial charge in [0.2, 0.25) is 0 Å². The summed E-state index contributed by atoms with van der Waals surface area (Å²) in [6.07, 6.45) is 0. The summed E-state index contributed by atoms with van der Waals surface area (Å²) in [6.45, 7) is 7.53. The monoisotopic (exact) mass is 392 g/mol. The predicted octanol–water partition coefficient (Wildman–Crippen LogP) is 3.14. The van der Waals surface area contributed by atoms with E-state index in [2.05, 4.69) is 55.5 Å². The first-order valence-corrected chi connectivity index (χ1v) is 9.70. The number of nitrogens with one attached hydrogen (secondary N) is 1. The molecule has 2 aromatic carbocycles. The van der Waals surface area contributed by atoms with E-state index in [9.17, 15) is 9.59 Å². The highest BCUT2D eigenvalue weighted by molar-refractivity contribution is 6.04. The van der Waals surface area contributed by atoms with Crippen molar-refractivity contribution in [1.82, 2.24) is 20.0 Å². The molecule has 0 aliphatic carbocycles. The van der Waals surface area contributed by atoms with Crippen LogP contribution in [-0.2, 0) is 18.6 Å². The molecule has 1 N–H and O–H groups in total. The molecule has 0 aliphatic heterocycles. The van der Waals surface area contributed by atoms with Crippen molar-refractivity contribution < 1.29 is 4.79 Å². The van der Waals surface area contributed by atoms with Crippen LogP contribution in [0.5, 0.6) is 0 Å². The lowest BCUT2D eigenvalue weighted by molar-refractivity contribution is 0.0956. The molecule has 0 fully saturated rings. The lowest BCUT2D eigenvalue weighted by atomic mass is 9.87. The summed E-state index contributed by atoms with van der Waals surface area (Å²) in [5.41, 5.74) is 2.60. The Hall–Kier alpha value is -2.99. The van der Waals surface area contributed by atoms with E-state index in [1.54, 1.807) is 31.3 Å². The quantitative estimate of drug-likeness (QED) is 0.724. The van der Waals surface area contributed by atoms with E-state index < -0.39 is 0 Å². The Bertz CT molecular complexity index is 1080. The molecule has 152 valence electrons. The van der Waals surface area contributed by atoms with Crippen LogP contribution in [0.4, 0.5) is 0 Å². The van der Waals surface area contributed by atoms with Crippen LogP contribution in [0.15, 0.2) is 53.3 Å². The first kappa shape index (κ1) is 20.7. The van der Waals surface area contributed by atoms with Gasteiger partial charge >= 0.3 is 0 Å². The number of aromatic nitrogens is 2. The molecule has 6 heteroatoms. The molecule has 1 heterocycles. The van der Waals surface area contributed by atoms with Gasteiger partial charge in [0, 0.05) is 19.0 Å². The molecule has 0 radical (unpaired) electrons. The molecule has 29 heavy (non-hydrogen) atoms. The fraction of sp³-hybridized carbons (Fsp3) is 0.348. The second-order valence-corrected chi connectivity index (χ2v) is 8.38. The molecule has 0 bridgehead atoms. The highest BCUT2D eigenvalue weighted by Crippen LogP contribution is 2.22. The average Bonchev–Trinajstić information content (AvgIpc) is 2.69. The van der Waals surface area contributed by atoms with Crippen molar-refractivity contribution in [3.05, 3.63) is 75.7 Å². The number of carbonyl (C=O) groups is 1. The Balaban J connectivity index is 1.86. The molecular weight excluding hydrogens is 364 g/mol. The molecule has 0 unspecified atom stereocenters. The van der Waals surface area contributed by atoms with Crippen LogP contribution in [0.3, 0.4) is 0 Å². The number of nitrogens with zero attached hydrogens (tertiary/aromatic N) is 3. The van der Waals surface area contributed by atoms with Gasteiger partial charge in [-0.3, -0.25) is 14.5 Å². The van der Waals surface area contributed by atoms with Gasteiger partial charge in [-0.2, -0.15) is 5.10 Å². The minimum atomic E-state index is -0.310. The minimum absolute atomic E-state index is 0.114. The summed E-state index contributed by atoms with van der Waals surface area (Å²) in [5, 5.41) is 8.00. The number of rotatable bonds is 5. The molecule has 1 amide bonds. The smallest absolute Gasteiger partial charge is 0.275 e. The zero-order valence-corrected chi connectivity index (χ0v) is 17.7. The SMILES string of the molecule is CNC(=O)c1nn(CN(C)Cc2ccc(C(C)(C)C)cc2)c(=O)c2ccccc12. The van der Waals surface area contributed by atoms with Gasteiger partial charge in [-0.15, -0.1) is 0 Å². The van der Waals surface area contributed by atoms with Gasteiger partial charge in [0.15, 0.2) is 5.69 Å². The van der Waals surface area contributed by atoms with Crippen molar-refractivity contribution in [1.29, 1.82) is 0 Å². The summed E-state index contributed by atoms with van der Waals surface area (Å²) in [4.78, 5) is 27.2. The minimum Gasteiger partial charge on any atom is -0.354 e. The number of fused-ring (bicyclic) bond motifs is 1. The first-order valence-electron chi connectivity index (χ1n) is 9.70. The summed E-state index contributed by atoms with van der Waals surface area (Å²) in [5.74, 6) is -0.310. The Morgan fingerprint density at radius 2 is 1.69 bits per heavy atom. The van der Waals surface area contributed by atoms with Crippen molar-refractivity contribution >= 4 is 16.7 Å². The van der Waals surface area contributed by atoms with Crippen LogP contribution in [0.1, 0.15) is 42.4 Å². The highest BCUT2D eigenvalue weighted by atomic mass is 16.2. The van der Waals surface area contributed by atoms with Crippen molar-refractivity contribution in [2.24, 2.45) is 0 Å². The molecule has 3 aromatic rings. The van der Waals surface area contributed by atoms with E-state index in [1.165, 1.54) is 10.2 Å². The maximum Gasteiger partial charge on any atom is 0.275 e. The number of benzene rings is 2. The van der Waals surface area contributed by atoms with Gasteiger partial charge in [0.05, 0.1) is 12.1 Å². The van der Waals surface area contributed by atoms with Crippen molar-refractivity contribution in [2.75, 3.05) is 14.1 Å². The van der Waals surface area contributed by atoms with E-state index in [1.807, 2.05) is 11.9 Å². The molecular formula is C23H28N4O2. The third-order valence-corrected chi connectivity index (χ3v) is 4.96. The molecule has 0 aliphatic rings. The van der Waals surface area contributed by atoms with Crippen molar-refractivity contribution in [3.63, 3.8) is 0 Å². The second kappa shape index (κ2) is 8.17. The van der Waals surface area contributed by atoms with E-state index >= 15 is 0 Å². The van der Waals surface area contributed by atoms with Crippen LogP contribution in [0.2, 0.25) is 0 Å². The number of hydrogen-bond donors (Lipinski definition) is 1. The van der Waals surface area contributed by atoms with Crippen molar-refractivity contribution in [3.8, 4) is 0 Å². The van der Waals surface area contributed by atoms with Crippen LogP contribution >= 0.6 is 0 Å². The Morgan fingerprint density at radius 3 is 2.28 bits per heavy atom. The topological polar surface area (TPSA) is 67.2 Å². The predicted molar refractivity (Wildman–Crippen MR) is 116 cm³/mol. The standard InChI is InChI=1S/C23H28N4O2/c1-23(2,3)17-12-10-16(11-13-17)14-26(5)15-27-22(29)19-9-7-6-8-18(19)20(25-27)21(28)24-4/h6-13H,14-15H2,1-5H3,(H,24,28). The van der Waals surface area contributed by atoms with Gasteiger partial charge in [0.1, 0.15) is 0 Å². The molecule has 0 atom stereocenters. The normalized spacial score (nSPS) is 11.8. The summed E-state index contributed by atoms with van der Waals surface area (Å²) >= 11 is 0. The van der Waals surface area contributed by atoms with Gasteiger partial charge in [-0.05, 0) is 29.7 Å². The van der Waals surface area contributed by atoms with Crippen LogP contribution in [0.25, 0.3) is 10.8 Å². The third-order valence-electron chi connectivity index (χ3n) is 4.96. The lowest BCUT2D eigenvalue weighted by Crippen LogP contribution is -2.34. The zero-order chi connectivity index (χ0) is 21.2. The van der Waals surface area contributed by atoms with E-state index in [0.29, 0.717) is 17.3 Å². The van der Waals surface area contributed by atoms with Gasteiger partial charge < -0.3 is 5.32 Å². The molecule has 0 saturated heterocycles. The average molecular weight is 393 g/mol. The zero-order valence-electron chi connectivity index (χ0n) is 17.7. The Morgan fingerprint density at radius 1 is 1.07 bits per heavy atom. The Kier molecular flexibility index (Phi) is 5.84. The highest BCUT2D eigenvalue weighted by Gasteiger charge is 2.17. The lowest BCUT2D eigenvalue weighted by Gasteiger charge is -2.21. The number of carbonyl (C=O) groups excluding carboxylic acids is 1. The summed E-state index contributed by atoms with van der Waals surface area (Å²) < 4.78 is 1.36. The van der Waals surface area contributed by atoms with E-state index in [0.717, 1.165) is 5.56 Å². The fourth-order valence-electron chi connectivity index (χ4n) is 3.32. The fourth-order valence-corrected chi connectivity index (χ4v) is 3.32. The van der Waals surface area contributed by atoms with Crippen LogP contribution in [-0.4, -0.2) is 34.7 Å². The molecule has 0 saturated carbocycles. The van der Waals surface area contributed by atoms with Crippen molar-refractivity contribution in [2.45, 2.75) is 39.4 Å². The van der Waals surface area contributed by atoms with Gasteiger partial charge in [0.25, 0.3) is 11.5 Å². The van der Waals surface area contributed by atoms with Crippen LogP contribution in [0, 0.1) is 0 Å². The molecule has 1 aromatic heterocycles. The molecule has 3 rings (SSSR count). The number of hydrogen-bond acceptors (Lipinski definition) is 4. The summed E-state index contributed by atoms with van der Waals surface area (Å²) in [6, 6.07) is 15.6. The van der Waals surface area contributed by atoms with Crippen LogP contribution < -0.4 is 10.9 Å². The Labute approximate surface area is 171 Å². The first-order chi connectivity index (χ1) is 13.7. The molecule has 0 spiro atoms.